The van der Waals surface area contributed by atoms with E-state index in [9.17, 15) is 9.59 Å². The highest BCUT2D eigenvalue weighted by Crippen LogP contribution is 2.22. The van der Waals surface area contributed by atoms with Gasteiger partial charge in [-0.25, -0.2) is 9.78 Å². The minimum atomic E-state index is -1.11. The quantitative estimate of drug-likeness (QED) is 0.907. The molecule has 0 spiro atoms. The van der Waals surface area contributed by atoms with Crippen molar-refractivity contribution in [3.8, 4) is 0 Å². The molecule has 0 fully saturated rings. The van der Waals surface area contributed by atoms with Gasteiger partial charge in [-0.15, -0.1) is 11.3 Å². The van der Waals surface area contributed by atoms with Crippen LogP contribution in [0, 0.1) is 0 Å². The van der Waals surface area contributed by atoms with Crippen LogP contribution in [0.5, 0.6) is 0 Å². The number of carboxylic acids is 1. The highest BCUT2D eigenvalue weighted by Gasteiger charge is 2.10. The lowest BCUT2D eigenvalue weighted by atomic mass is 10.3. The Morgan fingerprint density at radius 3 is 2.56 bits per heavy atom. The van der Waals surface area contributed by atoms with Crippen molar-refractivity contribution in [1.29, 1.82) is 0 Å². The first-order chi connectivity index (χ1) is 8.56. The number of carboxylic acid groups (broad SMARTS) is 1. The van der Waals surface area contributed by atoms with Crippen molar-refractivity contribution in [3.05, 3.63) is 45.4 Å². The number of pyridine rings is 1. The summed E-state index contributed by atoms with van der Waals surface area (Å²) < 4.78 is 0.527. The number of rotatable bonds is 3. The van der Waals surface area contributed by atoms with Gasteiger partial charge in [0.15, 0.2) is 0 Å². The first kappa shape index (κ1) is 12.5. The number of aromatic carboxylic acids is 1. The summed E-state index contributed by atoms with van der Waals surface area (Å²) >= 11 is 6.89. The molecule has 0 aliphatic carbocycles. The average molecular weight is 283 g/mol. The highest BCUT2D eigenvalue weighted by molar-refractivity contribution is 7.18. The largest absolute Gasteiger partial charge is 0.477 e. The molecule has 2 heterocycles. The van der Waals surface area contributed by atoms with Gasteiger partial charge < -0.3 is 10.4 Å². The maximum atomic E-state index is 11.7. The molecular weight excluding hydrogens is 276 g/mol. The van der Waals surface area contributed by atoms with Crippen molar-refractivity contribution in [2.75, 3.05) is 5.32 Å². The summed E-state index contributed by atoms with van der Waals surface area (Å²) in [6, 6.07) is 6.04. The smallest absolute Gasteiger partial charge is 0.354 e. The molecule has 5 nitrogen and oxygen atoms in total. The molecule has 0 radical (unpaired) electrons. The molecule has 0 aromatic carbocycles. The minimum Gasteiger partial charge on any atom is -0.477 e. The summed E-state index contributed by atoms with van der Waals surface area (Å²) in [5.41, 5.74) is 0.349. The Morgan fingerprint density at radius 2 is 2.06 bits per heavy atom. The maximum absolute atomic E-state index is 11.7. The van der Waals surface area contributed by atoms with E-state index in [0.29, 0.717) is 14.9 Å². The summed E-state index contributed by atoms with van der Waals surface area (Å²) in [6.45, 7) is 0. The molecule has 0 unspecified atom stereocenters. The third-order valence-corrected chi connectivity index (χ3v) is 3.27. The van der Waals surface area contributed by atoms with Gasteiger partial charge in [-0.2, -0.15) is 0 Å². The molecule has 0 saturated carbocycles. The van der Waals surface area contributed by atoms with E-state index in [2.05, 4.69) is 10.3 Å². The standard InChI is InChI=1S/C11H7ClN2O3S/c12-9-4-3-8(18-9)10(15)14-6-1-2-7(11(16)17)13-5-6/h1-5H,(H,14,15)(H,16,17). The molecule has 0 atom stereocenters. The molecule has 0 aliphatic heterocycles. The predicted molar refractivity (Wildman–Crippen MR) is 68.5 cm³/mol. The maximum Gasteiger partial charge on any atom is 0.354 e. The average Bonchev–Trinajstić information content (AvgIpc) is 2.76. The van der Waals surface area contributed by atoms with E-state index in [4.69, 9.17) is 16.7 Å². The van der Waals surface area contributed by atoms with Crippen LogP contribution >= 0.6 is 22.9 Å². The Kier molecular flexibility index (Phi) is 3.59. The lowest BCUT2D eigenvalue weighted by molar-refractivity contribution is 0.0690. The Hall–Kier alpha value is -1.92. The van der Waals surface area contributed by atoms with Crippen LogP contribution in [0.3, 0.4) is 0 Å². The second-order valence-electron chi connectivity index (χ2n) is 3.30. The number of halogens is 1. The second-order valence-corrected chi connectivity index (χ2v) is 5.01. The molecule has 0 aliphatic rings. The number of aromatic nitrogens is 1. The number of anilines is 1. The topological polar surface area (TPSA) is 79.3 Å². The van der Waals surface area contributed by atoms with Gasteiger partial charge in [-0.05, 0) is 24.3 Å². The Labute approximate surface area is 111 Å². The van der Waals surface area contributed by atoms with Crippen molar-refractivity contribution in [2.24, 2.45) is 0 Å². The zero-order chi connectivity index (χ0) is 13.1. The summed E-state index contributed by atoms with van der Waals surface area (Å²) in [6.07, 6.45) is 1.29. The van der Waals surface area contributed by atoms with Crippen LogP contribution in [0.1, 0.15) is 20.2 Å². The lowest BCUT2D eigenvalue weighted by Gasteiger charge is -2.02. The van der Waals surface area contributed by atoms with Gasteiger partial charge in [0, 0.05) is 0 Å². The van der Waals surface area contributed by atoms with E-state index >= 15 is 0 Å². The van der Waals surface area contributed by atoms with E-state index in [0.717, 1.165) is 11.3 Å². The molecule has 1 amide bonds. The fourth-order valence-corrected chi connectivity index (χ4v) is 2.16. The molecule has 2 N–H and O–H groups in total. The van der Waals surface area contributed by atoms with Crippen molar-refractivity contribution in [2.45, 2.75) is 0 Å². The number of hydrogen-bond acceptors (Lipinski definition) is 4. The monoisotopic (exact) mass is 282 g/mol. The fraction of sp³-hybridized carbons (Fsp3) is 0. The molecule has 18 heavy (non-hydrogen) atoms. The number of carbonyl (C=O) groups excluding carboxylic acids is 1. The third kappa shape index (κ3) is 2.85. The molecule has 2 rings (SSSR count). The van der Waals surface area contributed by atoms with Crippen LogP contribution in [0.25, 0.3) is 0 Å². The molecule has 0 bridgehead atoms. The molecule has 0 saturated heterocycles. The summed E-state index contributed by atoms with van der Waals surface area (Å²) in [4.78, 5) is 26.5. The number of nitrogens with zero attached hydrogens (tertiary/aromatic N) is 1. The first-order valence-corrected chi connectivity index (χ1v) is 6.02. The van der Waals surface area contributed by atoms with Gasteiger partial charge >= 0.3 is 5.97 Å². The molecule has 92 valence electrons. The summed E-state index contributed by atoms with van der Waals surface area (Å²) in [5, 5.41) is 11.3. The van der Waals surface area contributed by atoms with Gasteiger partial charge in [-0.3, -0.25) is 4.79 Å². The van der Waals surface area contributed by atoms with Crippen LogP contribution < -0.4 is 5.32 Å². The lowest BCUT2D eigenvalue weighted by Crippen LogP contribution is -2.10. The van der Waals surface area contributed by atoms with Gasteiger partial charge in [0.1, 0.15) is 5.69 Å². The van der Waals surface area contributed by atoms with Crippen LogP contribution in [0.15, 0.2) is 30.5 Å². The van der Waals surface area contributed by atoms with E-state index in [1.54, 1.807) is 12.1 Å². The molecular formula is C11H7ClN2O3S. The highest BCUT2D eigenvalue weighted by atomic mass is 35.5. The van der Waals surface area contributed by atoms with Crippen LogP contribution in [-0.4, -0.2) is 22.0 Å². The van der Waals surface area contributed by atoms with E-state index in [1.165, 1.54) is 18.3 Å². The minimum absolute atomic E-state index is 0.0767. The SMILES string of the molecule is O=C(O)c1ccc(NC(=O)c2ccc(Cl)s2)cn1. The van der Waals surface area contributed by atoms with Gasteiger partial charge in [-0.1, -0.05) is 11.6 Å². The van der Waals surface area contributed by atoms with E-state index in [-0.39, 0.29) is 11.6 Å². The third-order valence-electron chi connectivity index (χ3n) is 2.04. The summed E-state index contributed by atoms with van der Waals surface area (Å²) in [7, 11) is 0. The van der Waals surface area contributed by atoms with Crippen molar-refractivity contribution < 1.29 is 14.7 Å². The first-order valence-electron chi connectivity index (χ1n) is 4.82. The number of carbonyl (C=O) groups is 2. The number of thiophene rings is 1. The molecule has 2 aromatic rings. The van der Waals surface area contributed by atoms with Crippen LogP contribution in [-0.2, 0) is 0 Å². The van der Waals surface area contributed by atoms with Crippen LogP contribution in [0.2, 0.25) is 4.34 Å². The number of nitrogens with one attached hydrogen (secondary N) is 1. The Morgan fingerprint density at radius 1 is 1.28 bits per heavy atom. The van der Waals surface area contributed by atoms with E-state index < -0.39 is 5.97 Å². The zero-order valence-electron chi connectivity index (χ0n) is 8.88. The zero-order valence-corrected chi connectivity index (χ0v) is 10.5. The normalized spacial score (nSPS) is 10.1. The Balaban J connectivity index is 2.10. The van der Waals surface area contributed by atoms with E-state index in [1.807, 2.05) is 0 Å². The van der Waals surface area contributed by atoms with Crippen LogP contribution in [0.4, 0.5) is 5.69 Å². The van der Waals surface area contributed by atoms with Crippen molar-refractivity contribution in [1.82, 2.24) is 4.98 Å². The Bertz CT molecular complexity index is 595. The van der Waals surface area contributed by atoms with Gasteiger partial charge in [0.2, 0.25) is 0 Å². The van der Waals surface area contributed by atoms with Gasteiger partial charge in [0.25, 0.3) is 5.91 Å². The summed E-state index contributed by atoms with van der Waals surface area (Å²) in [5.74, 6) is -1.42. The second kappa shape index (κ2) is 5.16. The fourth-order valence-electron chi connectivity index (χ4n) is 1.22. The molecule has 2 aromatic heterocycles. The van der Waals surface area contributed by atoms with Crippen molar-refractivity contribution in [3.63, 3.8) is 0 Å². The number of amides is 1. The molecule has 7 heteroatoms. The van der Waals surface area contributed by atoms with Crippen molar-refractivity contribution >= 4 is 40.5 Å². The number of hydrogen-bond donors (Lipinski definition) is 2. The van der Waals surface area contributed by atoms with Gasteiger partial charge in [0.05, 0.1) is 21.1 Å². The predicted octanol–water partition coefficient (Wildman–Crippen LogP) is 2.75.